The summed E-state index contributed by atoms with van der Waals surface area (Å²) in [6.45, 7) is 4.47. The van der Waals surface area contributed by atoms with Gasteiger partial charge in [0, 0.05) is 32.7 Å². The zero-order chi connectivity index (χ0) is 14.1. The van der Waals surface area contributed by atoms with E-state index in [0.29, 0.717) is 5.56 Å². The number of halogens is 2. The minimum atomic E-state index is -0.113. The van der Waals surface area contributed by atoms with Gasteiger partial charge in [-0.05, 0) is 24.8 Å². The maximum absolute atomic E-state index is 12.4. The monoisotopic (exact) mass is 314 g/mol. The second-order valence-corrected chi connectivity index (χ2v) is 6.15. The molecule has 0 unspecified atom stereocenters. The van der Waals surface area contributed by atoms with E-state index in [0.717, 1.165) is 32.1 Å². The molecule has 3 rings (SSSR count). The molecule has 20 heavy (non-hydrogen) atoms. The van der Waals surface area contributed by atoms with Gasteiger partial charge in [0.05, 0.1) is 5.56 Å². The first-order chi connectivity index (χ1) is 9.63. The van der Waals surface area contributed by atoms with Crippen molar-refractivity contribution in [2.75, 3.05) is 32.7 Å². The first-order valence-electron chi connectivity index (χ1n) is 6.84. The Morgan fingerprint density at radius 1 is 1.20 bits per heavy atom. The molecule has 1 aliphatic carbocycles. The van der Waals surface area contributed by atoms with Gasteiger partial charge in [-0.1, -0.05) is 23.2 Å². The summed E-state index contributed by atoms with van der Waals surface area (Å²) in [5.41, 5.74) is 0.335. The van der Waals surface area contributed by atoms with E-state index >= 15 is 0 Å². The molecule has 0 bridgehead atoms. The Kier molecular flexibility index (Phi) is 4.10. The molecule has 2 fully saturated rings. The fraction of sp³-hybridized carbons (Fsp3) is 0.615. The lowest BCUT2D eigenvalue weighted by Gasteiger charge is -2.34. The van der Waals surface area contributed by atoms with Gasteiger partial charge in [0.2, 0.25) is 0 Å². The van der Waals surface area contributed by atoms with Crippen molar-refractivity contribution in [2.45, 2.75) is 12.8 Å². The Morgan fingerprint density at radius 3 is 2.55 bits per heavy atom. The fourth-order valence-corrected chi connectivity index (χ4v) is 2.79. The number of hydrogen-bond acceptors (Lipinski definition) is 4. The van der Waals surface area contributed by atoms with Gasteiger partial charge in [-0.2, -0.15) is 0 Å². The van der Waals surface area contributed by atoms with Crippen LogP contribution in [0, 0.1) is 5.92 Å². The summed E-state index contributed by atoms with van der Waals surface area (Å²) in [6, 6.07) is 1.48. The Balaban J connectivity index is 1.61. The number of nitrogens with zero attached hydrogens (tertiary/aromatic N) is 4. The number of amides is 1. The van der Waals surface area contributed by atoms with Crippen molar-refractivity contribution in [3.05, 3.63) is 21.9 Å². The van der Waals surface area contributed by atoms with Gasteiger partial charge in [0.1, 0.15) is 0 Å². The molecule has 0 N–H and O–H groups in total. The van der Waals surface area contributed by atoms with E-state index < -0.39 is 0 Å². The Labute approximate surface area is 127 Å². The van der Waals surface area contributed by atoms with E-state index in [1.54, 1.807) is 0 Å². The molecule has 1 saturated heterocycles. The molecule has 1 aliphatic heterocycles. The molecule has 1 saturated carbocycles. The summed E-state index contributed by atoms with van der Waals surface area (Å²) in [4.78, 5) is 16.7. The molecule has 0 aromatic carbocycles. The largest absolute Gasteiger partial charge is 0.336 e. The van der Waals surface area contributed by atoms with Crippen LogP contribution in [0.2, 0.25) is 10.3 Å². The van der Waals surface area contributed by atoms with Crippen LogP contribution in [-0.2, 0) is 0 Å². The fourth-order valence-electron chi connectivity index (χ4n) is 2.47. The van der Waals surface area contributed by atoms with Gasteiger partial charge in [-0.15, -0.1) is 10.2 Å². The van der Waals surface area contributed by atoms with Crippen LogP contribution in [0.25, 0.3) is 0 Å². The summed E-state index contributed by atoms with van der Waals surface area (Å²) in [5, 5.41) is 7.60. The number of rotatable bonds is 3. The van der Waals surface area contributed by atoms with E-state index in [9.17, 15) is 4.79 Å². The van der Waals surface area contributed by atoms with Crippen LogP contribution in [0.3, 0.4) is 0 Å². The number of hydrogen-bond donors (Lipinski definition) is 0. The maximum atomic E-state index is 12.4. The normalized spacial score (nSPS) is 20.2. The first-order valence-corrected chi connectivity index (χ1v) is 7.59. The SMILES string of the molecule is O=C(c1cc(Cl)nnc1Cl)N1CCN(CC2CC2)CC1. The van der Waals surface area contributed by atoms with Crippen molar-refractivity contribution in [1.29, 1.82) is 0 Å². The Hall–Kier alpha value is -0.910. The number of piperazine rings is 1. The molecule has 2 aliphatic rings. The number of carbonyl (C=O) groups is 1. The third-order valence-corrected chi connectivity index (χ3v) is 4.29. The van der Waals surface area contributed by atoms with Gasteiger partial charge in [0.15, 0.2) is 10.3 Å². The molecule has 2 heterocycles. The summed E-state index contributed by atoms with van der Waals surface area (Å²) in [6.07, 6.45) is 2.71. The maximum Gasteiger partial charge on any atom is 0.257 e. The molecule has 0 atom stereocenters. The summed E-state index contributed by atoms with van der Waals surface area (Å²) >= 11 is 11.7. The van der Waals surface area contributed by atoms with Crippen molar-refractivity contribution in [3.63, 3.8) is 0 Å². The smallest absolute Gasteiger partial charge is 0.257 e. The first kappa shape index (κ1) is 14.0. The summed E-state index contributed by atoms with van der Waals surface area (Å²) in [5.74, 6) is 0.771. The standard InChI is InChI=1S/C13H16Cl2N4O/c14-11-7-10(12(15)17-16-11)13(20)19-5-3-18(4-6-19)8-9-1-2-9/h7,9H,1-6,8H2. The lowest BCUT2D eigenvalue weighted by atomic mass is 10.2. The second-order valence-electron chi connectivity index (χ2n) is 5.41. The molecular weight excluding hydrogens is 299 g/mol. The molecule has 1 amide bonds. The highest BCUT2D eigenvalue weighted by Crippen LogP contribution is 2.30. The van der Waals surface area contributed by atoms with Crippen LogP contribution >= 0.6 is 23.2 Å². The number of aromatic nitrogens is 2. The minimum Gasteiger partial charge on any atom is -0.336 e. The van der Waals surface area contributed by atoms with Gasteiger partial charge in [0.25, 0.3) is 5.91 Å². The summed E-state index contributed by atoms with van der Waals surface area (Å²) < 4.78 is 0. The molecule has 0 spiro atoms. The second kappa shape index (κ2) is 5.84. The van der Waals surface area contributed by atoms with Crippen LogP contribution in [0.4, 0.5) is 0 Å². The lowest BCUT2D eigenvalue weighted by Crippen LogP contribution is -2.49. The molecular formula is C13H16Cl2N4O. The lowest BCUT2D eigenvalue weighted by molar-refractivity contribution is 0.0631. The van der Waals surface area contributed by atoms with Gasteiger partial charge < -0.3 is 4.90 Å². The highest BCUT2D eigenvalue weighted by atomic mass is 35.5. The summed E-state index contributed by atoms with van der Waals surface area (Å²) in [7, 11) is 0. The highest BCUT2D eigenvalue weighted by Gasteiger charge is 2.28. The predicted molar refractivity (Wildman–Crippen MR) is 77.1 cm³/mol. The van der Waals surface area contributed by atoms with Gasteiger partial charge >= 0.3 is 0 Å². The van der Waals surface area contributed by atoms with Crippen molar-refractivity contribution in [3.8, 4) is 0 Å². The quantitative estimate of drug-likeness (QED) is 0.855. The molecule has 0 radical (unpaired) electrons. The van der Waals surface area contributed by atoms with Gasteiger partial charge in [-0.25, -0.2) is 0 Å². The van der Waals surface area contributed by atoms with Crippen LogP contribution in [0.15, 0.2) is 6.07 Å². The van der Waals surface area contributed by atoms with E-state index in [1.807, 2.05) is 4.90 Å². The van der Waals surface area contributed by atoms with Crippen molar-refractivity contribution >= 4 is 29.1 Å². The van der Waals surface area contributed by atoms with E-state index in [2.05, 4.69) is 15.1 Å². The average Bonchev–Trinajstić information content (AvgIpc) is 3.26. The molecule has 108 valence electrons. The minimum absolute atomic E-state index is 0.111. The van der Waals surface area contributed by atoms with Crippen molar-refractivity contribution in [2.24, 2.45) is 5.92 Å². The van der Waals surface area contributed by atoms with Crippen LogP contribution in [0.1, 0.15) is 23.2 Å². The van der Waals surface area contributed by atoms with Gasteiger partial charge in [-0.3, -0.25) is 9.69 Å². The van der Waals surface area contributed by atoms with Crippen molar-refractivity contribution in [1.82, 2.24) is 20.0 Å². The van der Waals surface area contributed by atoms with E-state index in [4.69, 9.17) is 23.2 Å². The molecule has 1 aromatic rings. The van der Waals surface area contributed by atoms with E-state index in [1.165, 1.54) is 25.5 Å². The highest BCUT2D eigenvalue weighted by molar-refractivity contribution is 6.34. The third kappa shape index (κ3) is 3.22. The Bertz CT molecular complexity index is 513. The Morgan fingerprint density at radius 2 is 1.90 bits per heavy atom. The van der Waals surface area contributed by atoms with Crippen LogP contribution in [-0.4, -0.2) is 58.6 Å². The average molecular weight is 315 g/mol. The molecule has 5 nitrogen and oxygen atoms in total. The van der Waals surface area contributed by atoms with E-state index in [-0.39, 0.29) is 16.2 Å². The molecule has 7 heteroatoms. The number of carbonyl (C=O) groups excluding carboxylic acids is 1. The van der Waals surface area contributed by atoms with Crippen molar-refractivity contribution < 1.29 is 4.79 Å². The zero-order valence-corrected chi connectivity index (χ0v) is 12.6. The topological polar surface area (TPSA) is 49.3 Å². The predicted octanol–water partition coefficient (Wildman–Crippen LogP) is 1.95. The van der Waals surface area contributed by atoms with Crippen LogP contribution < -0.4 is 0 Å². The van der Waals surface area contributed by atoms with Crippen LogP contribution in [0.5, 0.6) is 0 Å². The molecule has 1 aromatic heterocycles. The third-order valence-electron chi connectivity index (χ3n) is 3.82. The zero-order valence-electron chi connectivity index (χ0n) is 11.1.